The van der Waals surface area contributed by atoms with Crippen LogP contribution in [0.15, 0.2) is 12.5 Å². The lowest BCUT2D eigenvalue weighted by Gasteiger charge is -2.21. The molecule has 4 heteroatoms. The number of hydrogen-bond acceptors (Lipinski definition) is 3. The monoisotopic (exact) mass is 250 g/mol. The highest BCUT2D eigenvalue weighted by Crippen LogP contribution is 2.10. The Bertz CT molecular complexity index is 352. The van der Waals surface area contributed by atoms with Gasteiger partial charge in [0.15, 0.2) is 0 Å². The van der Waals surface area contributed by atoms with Crippen molar-refractivity contribution in [2.45, 2.75) is 52.2 Å². The van der Waals surface area contributed by atoms with Gasteiger partial charge in [-0.1, -0.05) is 0 Å². The van der Waals surface area contributed by atoms with Crippen molar-refractivity contribution >= 4 is 0 Å². The lowest BCUT2D eigenvalue weighted by molar-refractivity contribution is 0.297. The van der Waals surface area contributed by atoms with Crippen LogP contribution in [0, 0.1) is 0 Å². The highest BCUT2D eigenvalue weighted by molar-refractivity contribution is 4.99. The molecule has 0 radical (unpaired) electrons. The summed E-state index contributed by atoms with van der Waals surface area (Å²) in [6.45, 7) is 11.3. The number of nitrogens with one attached hydrogen (secondary N) is 1. The third-order valence-electron chi connectivity index (χ3n) is 3.66. The Balaban J connectivity index is 1.77. The minimum absolute atomic E-state index is 0.484. The standard InChI is InChI=1S/C14H26N4/c1-12(2)18-11-15-8-14(18)9-16-13(3)10-17-6-4-5-7-17/h8,11-13,16H,4-7,9-10H2,1-3H3. The normalized spacial score (nSPS) is 18.7. The van der Waals surface area contributed by atoms with Gasteiger partial charge < -0.3 is 14.8 Å². The summed E-state index contributed by atoms with van der Waals surface area (Å²) < 4.78 is 2.23. The molecule has 0 saturated carbocycles. The van der Waals surface area contributed by atoms with Crippen LogP contribution in [0.2, 0.25) is 0 Å². The van der Waals surface area contributed by atoms with E-state index < -0.39 is 0 Å². The molecular formula is C14H26N4. The van der Waals surface area contributed by atoms with E-state index in [4.69, 9.17) is 0 Å². The van der Waals surface area contributed by atoms with Crippen LogP contribution in [-0.4, -0.2) is 40.1 Å². The van der Waals surface area contributed by atoms with Crippen LogP contribution in [-0.2, 0) is 6.54 Å². The Labute approximate surface area is 110 Å². The molecule has 1 aromatic rings. The first-order valence-corrected chi connectivity index (χ1v) is 7.13. The van der Waals surface area contributed by atoms with E-state index in [9.17, 15) is 0 Å². The van der Waals surface area contributed by atoms with Crippen molar-refractivity contribution in [2.24, 2.45) is 0 Å². The van der Waals surface area contributed by atoms with E-state index >= 15 is 0 Å². The second-order valence-corrected chi connectivity index (χ2v) is 5.68. The largest absolute Gasteiger partial charge is 0.331 e. The Morgan fingerprint density at radius 3 is 2.67 bits per heavy atom. The molecule has 2 heterocycles. The van der Waals surface area contributed by atoms with Crippen LogP contribution >= 0.6 is 0 Å². The summed E-state index contributed by atoms with van der Waals surface area (Å²) in [4.78, 5) is 6.79. The molecule has 0 bridgehead atoms. The summed E-state index contributed by atoms with van der Waals surface area (Å²) in [5.74, 6) is 0. The Morgan fingerprint density at radius 2 is 2.00 bits per heavy atom. The lowest BCUT2D eigenvalue weighted by Crippen LogP contribution is -2.37. The van der Waals surface area contributed by atoms with Gasteiger partial charge in [0, 0.05) is 31.4 Å². The maximum Gasteiger partial charge on any atom is 0.0951 e. The van der Waals surface area contributed by atoms with Crippen LogP contribution in [0.4, 0.5) is 0 Å². The SMILES string of the molecule is CC(CN1CCCC1)NCc1cncn1C(C)C. The third-order valence-corrected chi connectivity index (χ3v) is 3.66. The molecule has 1 atom stereocenters. The van der Waals surface area contributed by atoms with Gasteiger partial charge in [-0.15, -0.1) is 0 Å². The first-order valence-electron chi connectivity index (χ1n) is 7.13. The first-order chi connectivity index (χ1) is 8.66. The molecule has 1 aliphatic heterocycles. The second-order valence-electron chi connectivity index (χ2n) is 5.68. The topological polar surface area (TPSA) is 33.1 Å². The van der Waals surface area contributed by atoms with Crippen molar-refractivity contribution in [3.63, 3.8) is 0 Å². The molecule has 1 aromatic heterocycles. The van der Waals surface area contributed by atoms with Crippen LogP contribution in [0.5, 0.6) is 0 Å². The van der Waals surface area contributed by atoms with Gasteiger partial charge in [-0.05, 0) is 46.7 Å². The van der Waals surface area contributed by atoms with Crippen LogP contribution in [0.25, 0.3) is 0 Å². The third kappa shape index (κ3) is 3.56. The summed E-state index contributed by atoms with van der Waals surface area (Å²) in [5, 5.41) is 3.60. The summed E-state index contributed by atoms with van der Waals surface area (Å²) in [6, 6.07) is 1.02. The van der Waals surface area contributed by atoms with E-state index in [0.717, 1.165) is 13.1 Å². The van der Waals surface area contributed by atoms with Gasteiger partial charge >= 0.3 is 0 Å². The van der Waals surface area contributed by atoms with Gasteiger partial charge in [-0.3, -0.25) is 0 Å². The molecule has 0 amide bonds. The molecule has 1 saturated heterocycles. The van der Waals surface area contributed by atoms with Crippen molar-refractivity contribution in [1.82, 2.24) is 19.8 Å². The van der Waals surface area contributed by atoms with Crippen molar-refractivity contribution in [3.8, 4) is 0 Å². The Hall–Kier alpha value is -0.870. The molecule has 1 fully saturated rings. The lowest BCUT2D eigenvalue weighted by atomic mass is 10.3. The van der Waals surface area contributed by atoms with Gasteiger partial charge in [0.05, 0.1) is 12.0 Å². The molecule has 0 spiro atoms. The van der Waals surface area contributed by atoms with E-state index in [1.54, 1.807) is 0 Å². The molecule has 1 aliphatic rings. The second kappa shape index (κ2) is 6.34. The summed E-state index contributed by atoms with van der Waals surface area (Å²) in [6.07, 6.45) is 6.63. The zero-order chi connectivity index (χ0) is 13.0. The number of likely N-dealkylation sites (tertiary alicyclic amines) is 1. The molecular weight excluding hydrogens is 224 g/mol. The number of nitrogens with zero attached hydrogens (tertiary/aromatic N) is 3. The quantitative estimate of drug-likeness (QED) is 0.838. The van der Waals surface area contributed by atoms with Gasteiger partial charge in [0.25, 0.3) is 0 Å². The molecule has 18 heavy (non-hydrogen) atoms. The summed E-state index contributed by atoms with van der Waals surface area (Å²) >= 11 is 0. The number of imidazole rings is 1. The maximum absolute atomic E-state index is 4.24. The molecule has 1 unspecified atom stereocenters. The van der Waals surface area contributed by atoms with Crippen molar-refractivity contribution in [3.05, 3.63) is 18.2 Å². The van der Waals surface area contributed by atoms with E-state index in [0.29, 0.717) is 12.1 Å². The van der Waals surface area contributed by atoms with E-state index in [-0.39, 0.29) is 0 Å². The average Bonchev–Trinajstić information content (AvgIpc) is 2.96. The van der Waals surface area contributed by atoms with E-state index in [1.807, 2.05) is 12.5 Å². The van der Waals surface area contributed by atoms with Crippen molar-refractivity contribution < 1.29 is 0 Å². The smallest absolute Gasteiger partial charge is 0.0951 e. The molecule has 1 N–H and O–H groups in total. The highest BCUT2D eigenvalue weighted by Gasteiger charge is 2.14. The van der Waals surface area contributed by atoms with Gasteiger partial charge in [-0.25, -0.2) is 4.98 Å². The predicted molar refractivity (Wildman–Crippen MR) is 74.6 cm³/mol. The number of rotatable bonds is 6. The fourth-order valence-electron chi connectivity index (χ4n) is 2.63. The molecule has 0 aromatic carbocycles. The van der Waals surface area contributed by atoms with E-state index in [1.165, 1.54) is 31.6 Å². The first kappa shape index (κ1) is 13.6. The van der Waals surface area contributed by atoms with Gasteiger partial charge in [0.2, 0.25) is 0 Å². The van der Waals surface area contributed by atoms with Crippen LogP contribution in [0.1, 0.15) is 45.3 Å². The van der Waals surface area contributed by atoms with Crippen molar-refractivity contribution in [1.29, 1.82) is 0 Å². The summed E-state index contributed by atoms with van der Waals surface area (Å²) in [5.41, 5.74) is 1.28. The van der Waals surface area contributed by atoms with E-state index in [2.05, 4.69) is 40.5 Å². The molecule has 0 aliphatic carbocycles. The Kier molecular flexibility index (Phi) is 4.78. The molecule has 2 rings (SSSR count). The number of aromatic nitrogens is 2. The fourth-order valence-corrected chi connectivity index (χ4v) is 2.63. The van der Waals surface area contributed by atoms with Crippen molar-refractivity contribution in [2.75, 3.05) is 19.6 Å². The average molecular weight is 250 g/mol. The zero-order valence-corrected chi connectivity index (χ0v) is 11.9. The predicted octanol–water partition coefficient (Wildman–Crippen LogP) is 2.04. The minimum Gasteiger partial charge on any atom is -0.331 e. The molecule has 102 valence electrons. The van der Waals surface area contributed by atoms with Crippen LogP contribution in [0.3, 0.4) is 0 Å². The minimum atomic E-state index is 0.484. The number of hydrogen-bond donors (Lipinski definition) is 1. The maximum atomic E-state index is 4.24. The molecule has 4 nitrogen and oxygen atoms in total. The summed E-state index contributed by atoms with van der Waals surface area (Å²) in [7, 11) is 0. The van der Waals surface area contributed by atoms with Crippen LogP contribution < -0.4 is 5.32 Å². The fraction of sp³-hybridized carbons (Fsp3) is 0.786. The Morgan fingerprint density at radius 1 is 1.28 bits per heavy atom. The van der Waals surface area contributed by atoms with Gasteiger partial charge in [0.1, 0.15) is 0 Å². The van der Waals surface area contributed by atoms with Gasteiger partial charge in [-0.2, -0.15) is 0 Å². The highest BCUT2D eigenvalue weighted by atomic mass is 15.2. The zero-order valence-electron chi connectivity index (χ0n) is 11.9.